The van der Waals surface area contributed by atoms with Crippen molar-refractivity contribution in [1.82, 2.24) is 10.6 Å². The van der Waals surface area contributed by atoms with Gasteiger partial charge in [-0.1, -0.05) is 19.3 Å². The Labute approximate surface area is 107 Å². The molecule has 5 heteroatoms. The van der Waals surface area contributed by atoms with Gasteiger partial charge < -0.3 is 15.7 Å². The third-order valence-corrected chi connectivity index (χ3v) is 4.24. The predicted molar refractivity (Wildman–Crippen MR) is 67.3 cm³/mol. The topological polar surface area (TPSA) is 78.4 Å². The molecule has 102 valence electrons. The van der Waals surface area contributed by atoms with Crippen molar-refractivity contribution in [2.24, 2.45) is 5.92 Å². The molecule has 0 aromatic rings. The van der Waals surface area contributed by atoms with E-state index < -0.39 is 11.5 Å². The summed E-state index contributed by atoms with van der Waals surface area (Å²) in [5, 5.41) is 14.5. The minimum atomic E-state index is -0.843. The number of hydrogen-bond donors (Lipinski definition) is 3. The van der Waals surface area contributed by atoms with E-state index in [1.807, 2.05) is 0 Å². The molecule has 18 heavy (non-hydrogen) atoms. The Bertz CT molecular complexity index is 322. The van der Waals surface area contributed by atoms with Crippen LogP contribution in [0.15, 0.2) is 0 Å². The number of carboxylic acid groups (broad SMARTS) is 1. The summed E-state index contributed by atoms with van der Waals surface area (Å²) in [7, 11) is 0. The van der Waals surface area contributed by atoms with Crippen LogP contribution < -0.4 is 10.6 Å². The van der Waals surface area contributed by atoms with Gasteiger partial charge in [0.2, 0.25) is 0 Å². The molecule has 0 aromatic heterocycles. The van der Waals surface area contributed by atoms with Crippen LogP contribution in [0.1, 0.15) is 51.4 Å². The number of amides is 2. The SMILES string of the molecule is O=C(O)CC1(NC(=O)NCCC2CCC2)CCC1. The maximum absolute atomic E-state index is 11.7. The molecule has 0 heterocycles. The van der Waals surface area contributed by atoms with E-state index in [4.69, 9.17) is 5.11 Å². The fourth-order valence-corrected chi connectivity index (χ4v) is 2.70. The number of carboxylic acids is 1. The molecule has 2 amide bonds. The van der Waals surface area contributed by atoms with E-state index in [2.05, 4.69) is 10.6 Å². The maximum Gasteiger partial charge on any atom is 0.315 e. The third-order valence-electron chi connectivity index (χ3n) is 4.24. The fraction of sp³-hybridized carbons (Fsp3) is 0.846. The van der Waals surface area contributed by atoms with Crippen molar-refractivity contribution < 1.29 is 14.7 Å². The lowest BCUT2D eigenvalue weighted by molar-refractivity contribution is -0.139. The highest BCUT2D eigenvalue weighted by Crippen LogP contribution is 2.34. The lowest BCUT2D eigenvalue weighted by Crippen LogP contribution is -2.57. The van der Waals surface area contributed by atoms with E-state index in [9.17, 15) is 9.59 Å². The van der Waals surface area contributed by atoms with E-state index in [0.717, 1.165) is 31.6 Å². The van der Waals surface area contributed by atoms with Crippen LogP contribution >= 0.6 is 0 Å². The van der Waals surface area contributed by atoms with Crippen LogP contribution in [0.2, 0.25) is 0 Å². The summed E-state index contributed by atoms with van der Waals surface area (Å²) in [5.74, 6) is -0.0635. The van der Waals surface area contributed by atoms with Gasteiger partial charge in [0.1, 0.15) is 0 Å². The Hall–Kier alpha value is -1.26. The summed E-state index contributed by atoms with van der Waals surface area (Å²) in [6, 6.07) is -0.213. The standard InChI is InChI=1S/C13H22N2O3/c16-11(17)9-13(6-2-7-13)15-12(18)14-8-5-10-3-1-4-10/h10H,1-9H2,(H,16,17)(H2,14,15,18). The first-order valence-electron chi connectivity index (χ1n) is 6.87. The summed E-state index contributed by atoms with van der Waals surface area (Å²) in [5.41, 5.74) is -0.494. The summed E-state index contributed by atoms with van der Waals surface area (Å²) < 4.78 is 0. The van der Waals surface area contributed by atoms with E-state index in [1.54, 1.807) is 0 Å². The van der Waals surface area contributed by atoms with E-state index >= 15 is 0 Å². The highest BCUT2D eigenvalue weighted by atomic mass is 16.4. The largest absolute Gasteiger partial charge is 0.481 e. The molecule has 2 fully saturated rings. The molecule has 5 nitrogen and oxygen atoms in total. The van der Waals surface area contributed by atoms with Gasteiger partial charge in [-0.25, -0.2) is 4.79 Å². The number of carbonyl (C=O) groups excluding carboxylic acids is 1. The molecule has 0 atom stereocenters. The van der Waals surface area contributed by atoms with Crippen LogP contribution in [-0.2, 0) is 4.79 Å². The number of carbonyl (C=O) groups is 2. The van der Waals surface area contributed by atoms with Gasteiger partial charge in [0.05, 0.1) is 12.0 Å². The zero-order valence-corrected chi connectivity index (χ0v) is 10.7. The summed E-state index contributed by atoms with van der Waals surface area (Å²) in [4.78, 5) is 22.5. The second-order valence-electron chi connectivity index (χ2n) is 5.67. The molecular formula is C13H22N2O3. The molecule has 0 aliphatic heterocycles. The molecule has 0 bridgehead atoms. The van der Waals surface area contributed by atoms with Gasteiger partial charge in [-0.2, -0.15) is 0 Å². The summed E-state index contributed by atoms with van der Waals surface area (Å²) in [6.07, 6.45) is 7.50. The normalized spacial score (nSPS) is 21.6. The van der Waals surface area contributed by atoms with Crippen molar-refractivity contribution >= 4 is 12.0 Å². The second-order valence-corrected chi connectivity index (χ2v) is 5.67. The van der Waals surface area contributed by atoms with Gasteiger partial charge in [0.15, 0.2) is 0 Å². The zero-order chi connectivity index (χ0) is 13.0. The molecule has 2 aliphatic rings. The Balaban J connectivity index is 1.66. The van der Waals surface area contributed by atoms with Gasteiger partial charge in [-0.15, -0.1) is 0 Å². The molecule has 0 spiro atoms. The number of nitrogens with one attached hydrogen (secondary N) is 2. The quantitative estimate of drug-likeness (QED) is 0.677. The van der Waals surface area contributed by atoms with Gasteiger partial charge in [0, 0.05) is 6.54 Å². The average Bonchev–Trinajstić information content (AvgIpc) is 2.17. The fourth-order valence-electron chi connectivity index (χ4n) is 2.70. The molecule has 0 unspecified atom stereocenters. The Morgan fingerprint density at radius 1 is 1.22 bits per heavy atom. The monoisotopic (exact) mass is 254 g/mol. The lowest BCUT2D eigenvalue weighted by atomic mass is 9.74. The predicted octanol–water partition coefficient (Wildman–Crippen LogP) is 1.87. The highest BCUT2D eigenvalue weighted by Gasteiger charge is 2.40. The Morgan fingerprint density at radius 2 is 1.94 bits per heavy atom. The Morgan fingerprint density at radius 3 is 2.39 bits per heavy atom. The first kappa shape index (κ1) is 13.2. The number of aliphatic carboxylic acids is 1. The minimum absolute atomic E-state index is 0.0308. The van der Waals surface area contributed by atoms with Crippen LogP contribution in [0.3, 0.4) is 0 Å². The highest BCUT2D eigenvalue weighted by molar-refractivity contribution is 5.77. The van der Waals surface area contributed by atoms with Crippen molar-refractivity contribution in [3.63, 3.8) is 0 Å². The molecule has 2 aliphatic carbocycles. The van der Waals surface area contributed by atoms with Gasteiger partial charge in [0.25, 0.3) is 0 Å². The van der Waals surface area contributed by atoms with Gasteiger partial charge in [-0.05, 0) is 31.6 Å². The molecule has 0 saturated heterocycles. The molecule has 2 rings (SSSR count). The van der Waals surface area contributed by atoms with E-state index in [-0.39, 0.29) is 12.5 Å². The smallest absolute Gasteiger partial charge is 0.315 e. The Kier molecular flexibility index (Phi) is 4.09. The summed E-state index contributed by atoms with van der Waals surface area (Å²) >= 11 is 0. The van der Waals surface area contributed by atoms with Crippen molar-refractivity contribution in [3.05, 3.63) is 0 Å². The third kappa shape index (κ3) is 3.37. The first-order valence-corrected chi connectivity index (χ1v) is 6.87. The van der Waals surface area contributed by atoms with Crippen molar-refractivity contribution in [1.29, 1.82) is 0 Å². The van der Waals surface area contributed by atoms with Crippen molar-refractivity contribution in [2.75, 3.05) is 6.54 Å². The first-order chi connectivity index (χ1) is 8.60. The summed E-state index contributed by atoms with van der Waals surface area (Å²) in [6.45, 7) is 0.694. The molecule has 2 saturated carbocycles. The van der Waals surface area contributed by atoms with Crippen molar-refractivity contribution in [3.8, 4) is 0 Å². The van der Waals surface area contributed by atoms with Crippen LogP contribution in [0, 0.1) is 5.92 Å². The maximum atomic E-state index is 11.7. The van der Waals surface area contributed by atoms with Crippen LogP contribution in [0.4, 0.5) is 4.79 Å². The van der Waals surface area contributed by atoms with Crippen molar-refractivity contribution in [2.45, 2.75) is 56.9 Å². The number of hydrogen-bond acceptors (Lipinski definition) is 2. The van der Waals surface area contributed by atoms with Gasteiger partial charge in [-0.3, -0.25) is 4.79 Å². The lowest BCUT2D eigenvalue weighted by Gasteiger charge is -2.41. The molecule has 0 radical (unpaired) electrons. The molecule has 3 N–H and O–H groups in total. The van der Waals surface area contributed by atoms with E-state index in [0.29, 0.717) is 6.54 Å². The second kappa shape index (κ2) is 5.59. The van der Waals surface area contributed by atoms with Gasteiger partial charge >= 0.3 is 12.0 Å². The van der Waals surface area contributed by atoms with Crippen LogP contribution in [0.5, 0.6) is 0 Å². The molecule has 0 aromatic carbocycles. The number of urea groups is 1. The molecular weight excluding hydrogens is 232 g/mol. The van der Waals surface area contributed by atoms with Crippen LogP contribution in [-0.4, -0.2) is 29.2 Å². The number of rotatable bonds is 6. The van der Waals surface area contributed by atoms with Crippen LogP contribution in [0.25, 0.3) is 0 Å². The minimum Gasteiger partial charge on any atom is -0.481 e. The average molecular weight is 254 g/mol. The zero-order valence-electron chi connectivity index (χ0n) is 10.7. The van der Waals surface area contributed by atoms with E-state index in [1.165, 1.54) is 19.3 Å².